The molecule has 2 aromatic rings. The molecule has 0 saturated carbocycles. The molecule has 0 radical (unpaired) electrons. The predicted molar refractivity (Wildman–Crippen MR) is 73.9 cm³/mol. The number of aromatic nitrogens is 2. The molecule has 0 saturated heterocycles. The van der Waals surface area contributed by atoms with Crippen LogP contribution in [0.4, 0.5) is 0 Å². The first-order chi connectivity index (χ1) is 9.58. The first-order valence-electron chi connectivity index (χ1n) is 6.34. The summed E-state index contributed by atoms with van der Waals surface area (Å²) in [7, 11) is 0. The monoisotopic (exact) mass is 272 g/mol. The van der Waals surface area contributed by atoms with Gasteiger partial charge in [-0.3, -0.25) is 0 Å². The smallest absolute Gasteiger partial charge is 0.338 e. The van der Waals surface area contributed by atoms with Crippen molar-refractivity contribution in [3.8, 4) is 5.75 Å². The Morgan fingerprint density at radius 3 is 2.50 bits per heavy atom. The van der Waals surface area contributed by atoms with Crippen LogP contribution >= 0.6 is 0 Å². The zero-order chi connectivity index (χ0) is 14.5. The van der Waals surface area contributed by atoms with Crippen LogP contribution in [0.1, 0.15) is 41.5 Å². The van der Waals surface area contributed by atoms with E-state index in [1.165, 1.54) is 12.4 Å². The molecule has 20 heavy (non-hydrogen) atoms. The van der Waals surface area contributed by atoms with E-state index in [1.54, 1.807) is 0 Å². The van der Waals surface area contributed by atoms with E-state index >= 15 is 0 Å². The molecule has 0 fully saturated rings. The Labute approximate surface area is 117 Å². The zero-order valence-corrected chi connectivity index (χ0v) is 11.4. The molecular weight excluding hydrogens is 256 g/mol. The van der Waals surface area contributed by atoms with Crippen LogP contribution in [-0.2, 0) is 6.61 Å². The number of benzene rings is 1. The summed E-state index contributed by atoms with van der Waals surface area (Å²) in [4.78, 5) is 18.6. The molecule has 0 unspecified atom stereocenters. The molecule has 1 aromatic heterocycles. The standard InChI is InChI=1S/C15H16N2O3/c1-10(2)12-5-3-4-6-13(12)20-9-14-16-7-11(8-17-14)15(18)19/h3-8,10H,9H2,1-2H3,(H,18,19). The Kier molecular flexibility index (Phi) is 4.30. The number of aromatic carboxylic acids is 1. The third-order valence-corrected chi connectivity index (χ3v) is 2.85. The van der Waals surface area contributed by atoms with Gasteiger partial charge in [-0.2, -0.15) is 0 Å². The Balaban J connectivity index is 2.07. The van der Waals surface area contributed by atoms with Crippen LogP contribution in [0.5, 0.6) is 5.75 Å². The van der Waals surface area contributed by atoms with E-state index < -0.39 is 5.97 Å². The van der Waals surface area contributed by atoms with Crippen LogP contribution in [0.15, 0.2) is 36.7 Å². The summed E-state index contributed by atoms with van der Waals surface area (Å²) < 4.78 is 5.71. The fourth-order valence-corrected chi connectivity index (χ4v) is 1.77. The van der Waals surface area contributed by atoms with Gasteiger partial charge in [-0.1, -0.05) is 32.0 Å². The molecule has 1 N–H and O–H groups in total. The van der Waals surface area contributed by atoms with E-state index in [0.29, 0.717) is 11.7 Å². The largest absolute Gasteiger partial charge is 0.485 e. The summed E-state index contributed by atoms with van der Waals surface area (Å²) in [6.45, 7) is 4.41. The molecular formula is C15H16N2O3. The second kappa shape index (κ2) is 6.14. The maximum atomic E-state index is 10.7. The van der Waals surface area contributed by atoms with E-state index in [2.05, 4.69) is 23.8 Å². The van der Waals surface area contributed by atoms with Crippen LogP contribution in [0, 0.1) is 0 Å². The summed E-state index contributed by atoms with van der Waals surface area (Å²) in [5.41, 5.74) is 1.19. The number of carboxylic acid groups (broad SMARTS) is 1. The lowest BCUT2D eigenvalue weighted by atomic mass is 10.0. The third kappa shape index (κ3) is 3.32. The minimum absolute atomic E-state index is 0.0660. The second-order valence-electron chi connectivity index (χ2n) is 4.67. The van der Waals surface area contributed by atoms with E-state index in [1.807, 2.05) is 24.3 Å². The highest BCUT2D eigenvalue weighted by Gasteiger charge is 2.08. The number of carbonyl (C=O) groups is 1. The van der Waals surface area contributed by atoms with Gasteiger partial charge in [0.15, 0.2) is 5.82 Å². The quantitative estimate of drug-likeness (QED) is 0.906. The maximum Gasteiger partial charge on any atom is 0.338 e. The molecule has 0 aliphatic rings. The average molecular weight is 272 g/mol. The molecule has 1 aromatic carbocycles. The van der Waals surface area contributed by atoms with Gasteiger partial charge in [-0.15, -0.1) is 0 Å². The zero-order valence-electron chi connectivity index (χ0n) is 11.4. The van der Waals surface area contributed by atoms with Gasteiger partial charge in [-0.25, -0.2) is 14.8 Å². The molecule has 0 aliphatic carbocycles. The van der Waals surface area contributed by atoms with Crippen molar-refractivity contribution >= 4 is 5.97 Å². The highest BCUT2D eigenvalue weighted by atomic mass is 16.5. The summed E-state index contributed by atoms with van der Waals surface area (Å²) in [6.07, 6.45) is 2.56. The normalized spacial score (nSPS) is 10.6. The van der Waals surface area contributed by atoms with E-state index in [0.717, 1.165) is 11.3 Å². The molecule has 0 aliphatic heterocycles. The minimum Gasteiger partial charge on any atom is -0.485 e. The van der Waals surface area contributed by atoms with Crippen molar-refractivity contribution in [3.05, 3.63) is 53.6 Å². The average Bonchev–Trinajstić information content (AvgIpc) is 2.45. The lowest BCUT2D eigenvalue weighted by Gasteiger charge is -2.13. The van der Waals surface area contributed by atoms with Gasteiger partial charge >= 0.3 is 5.97 Å². The van der Waals surface area contributed by atoms with Crippen molar-refractivity contribution in [2.24, 2.45) is 0 Å². The molecule has 0 spiro atoms. The van der Waals surface area contributed by atoms with Crippen molar-refractivity contribution in [1.29, 1.82) is 0 Å². The van der Waals surface area contributed by atoms with Crippen molar-refractivity contribution < 1.29 is 14.6 Å². The van der Waals surface area contributed by atoms with E-state index in [4.69, 9.17) is 9.84 Å². The van der Waals surface area contributed by atoms with Crippen LogP contribution in [0.3, 0.4) is 0 Å². The minimum atomic E-state index is -1.04. The number of para-hydroxylation sites is 1. The van der Waals surface area contributed by atoms with Gasteiger partial charge in [0.05, 0.1) is 5.56 Å². The highest BCUT2D eigenvalue weighted by molar-refractivity contribution is 5.86. The van der Waals surface area contributed by atoms with Gasteiger partial charge in [0.2, 0.25) is 0 Å². The molecule has 0 bridgehead atoms. The number of hydrogen-bond donors (Lipinski definition) is 1. The molecule has 0 atom stereocenters. The molecule has 2 rings (SSSR count). The fraction of sp³-hybridized carbons (Fsp3) is 0.267. The first-order valence-corrected chi connectivity index (χ1v) is 6.34. The Bertz CT molecular complexity index is 594. The summed E-state index contributed by atoms with van der Waals surface area (Å²) in [5.74, 6) is 0.575. The second-order valence-corrected chi connectivity index (χ2v) is 4.67. The maximum absolute atomic E-state index is 10.7. The SMILES string of the molecule is CC(C)c1ccccc1OCc1ncc(C(=O)O)cn1. The van der Waals surface area contributed by atoms with E-state index in [-0.39, 0.29) is 12.2 Å². The van der Waals surface area contributed by atoms with Crippen molar-refractivity contribution in [2.75, 3.05) is 0 Å². The fourth-order valence-electron chi connectivity index (χ4n) is 1.77. The van der Waals surface area contributed by atoms with Crippen LogP contribution in [0.25, 0.3) is 0 Å². The van der Waals surface area contributed by atoms with Crippen LogP contribution in [0.2, 0.25) is 0 Å². The number of ether oxygens (including phenoxy) is 1. The summed E-state index contributed by atoms with van der Waals surface area (Å²) in [6, 6.07) is 7.81. The third-order valence-electron chi connectivity index (χ3n) is 2.85. The van der Waals surface area contributed by atoms with Crippen molar-refractivity contribution in [1.82, 2.24) is 9.97 Å². The van der Waals surface area contributed by atoms with Crippen LogP contribution in [-0.4, -0.2) is 21.0 Å². The topological polar surface area (TPSA) is 72.3 Å². The van der Waals surface area contributed by atoms with Crippen molar-refractivity contribution in [2.45, 2.75) is 26.4 Å². The summed E-state index contributed by atoms with van der Waals surface area (Å²) >= 11 is 0. The van der Waals surface area contributed by atoms with Gasteiger partial charge in [0.1, 0.15) is 12.4 Å². The lowest BCUT2D eigenvalue weighted by molar-refractivity contribution is 0.0695. The summed E-state index contributed by atoms with van der Waals surface area (Å²) in [5, 5.41) is 8.77. The molecule has 104 valence electrons. The van der Waals surface area contributed by atoms with Gasteiger partial charge in [0.25, 0.3) is 0 Å². The van der Waals surface area contributed by atoms with E-state index in [9.17, 15) is 4.79 Å². The number of hydrogen-bond acceptors (Lipinski definition) is 4. The first kappa shape index (κ1) is 14.0. The Morgan fingerprint density at radius 2 is 1.90 bits per heavy atom. The van der Waals surface area contributed by atoms with Crippen LogP contribution < -0.4 is 4.74 Å². The van der Waals surface area contributed by atoms with Gasteiger partial charge in [0, 0.05) is 12.4 Å². The van der Waals surface area contributed by atoms with Crippen molar-refractivity contribution in [3.63, 3.8) is 0 Å². The lowest BCUT2D eigenvalue weighted by Crippen LogP contribution is -2.06. The number of rotatable bonds is 5. The Morgan fingerprint density at radius 1 is 1.25 bits per heavy atom. The highest BCUT2D eigenvalue weighted by Crippen LogP contribution is 2.26. The molecule has 5 heteroatoms. The molecule has 0 amide bonds. The van der Waals surface area contributed by atoms with Gasteiger partial charge < -0.3 is 9.84 Å². The predicted octanol–water partition coefficient (Wildman–Crippen LogP) is 2.88. The number of carboxylic acids is 1. The molecule has 5 nitrogen and oxygen atoms in total. The number of nitrogens with zero attached hydrogens (tertiary/aromatic N) is 2. The Hall–Kier alpha value is -2.43. The molecule has 1 heterocycles. The van der Waals surface area contributed by atoms with Gasteiger partial charge in [-0.05, 0) is 17.5 Å².